The molecule has 1 heterocycles. The molecule has 0 saturated heterocycles. The number of nitrogens with one attached hydrogen (secondary N) is 1. The van der Waals surface area contributed by atoms with Crippen molar-refractivity contribution in [1.29, 1.82) is 5.26 Å². The highest BCUT2D eigenvalue weighted by Crippen LogP contribution is 2.19. The Labute approximate surface area is 158 Å². The number of aryl methyl sites for hydroxylation is 1. The Hall–Kier alpha value is -2.58. The standard InChI is InChI=1S/C20H22ClN3O2/c1-4-24(12-15-7-5-6-8-18(15)21)19(25)10-9-16-13(2)17(11-22)20(26)23-14(16)3/h5-8H,4,9-10,12H2,1-3H3,(H,23,26). The summed E-state index contributed by atoms with van der Waals surface area (Å²) in [4.78, 5) is 28.9. The number of H-pyrrole nitrogens is 1. The smallest absolute Gasteiger partial charge is 0.266 e. The van der Waals surface area contributed by atoms with Crippen LogP contribution < -0.4 is 5.56 Å². The predicted octanol–water partition coefficient (Wildman–Crippen LogP) is 3.50. The van der Waals surface area contributed by atoms with Crippen LogP contribution in [0.2, 0.25) is 5.02 Å². The number of hydrogen-bond acceptors (Lipinski definition) is 3. The van der Waals surface area contributed by atoms with Crippen molar-refractivity contribution in [2.75, 3.05) is 6.54 Å². The summed E-state index contributed by atoms with van der Waals surface area (Å²) >= 11 is 6.19. The van der Waals surface area contributed by atoms with E-state index in [1.54, 1.807) is 18.7 Å². The second-order valence-corrected chi connectivity index (χ2v) is 6.58. The minimum atomic E-state index is -0.383. The lowest BCUT2D eigenvalue weighted by atomic mass is 9.99. The quantitative estimate of drug-likeness (QED) is 0.844. The highest BCUT2D eigenvalue weighted by molar-refractivity contribution is 6.31. The number of pyridine rings is 1. The summed E-state index contributed by atoms with van der Waals surface area (Å²) in [6, 6.07) is 9.42. The van der Waals surface area contributed by atoms with Gasteiger partial charge in [-0.3, -0.25) is 9.59 Å². The Balaban J connectivity index is 2.14. The van der Waals surface area contributed by atoms with Gasteiger partial charge in [0.25, 0.3) is 5.56 Å². The van der Waals surface area contributed by atoms with Gasteiger partial charge in [0.1, 0.15) is 11.6 Å². The molecule has 0 radical (unpaired) electrons. The maximum atomic E-state index is 12.7. The fourth-order valence-electron chi connectivity index (χ4n) is 3.02. The Morgan fingerprint density at radius 1 is 1.31 bits per heavy atom. The lowest BCUT2D eigenvalue weighted by Gasteiger charge is -2.22. The number of nitrogens with zero attached hydrogens (tertiary/aromatic N) is 2. The number of carbonyl (C=O) groups excluding carboxylic acids is 1. The van der Waals surface area contributed by atoms with Gasteiger partial charge in [-0.2, -0.15) is 5.26 Å². The third kappa shape index (κ3) is 4.33. The summed E-state index contributed by atoms with van der Waals surface area (Å²) in [5.74, 6) is 0.0101. The Kier molecular flexibility index (Phi) is 6.59. The van der Waals surface area contributed by atoms with E-state index in [1.165, 1.54) is 0 Å². The lowest BCUT2D eigenvalue weighted by Crippen LogP contribution is -2.30. The van der Waals surface area contributed by atoms with Crippen LogP contribution in [-0.2, 0) is 17.8 Å². The third-order valence-electron chi connectivity index (χ3n) is 4.56. The molecular weight excluding hydrogens is 350 g/mol. The summed E-state index contributed by atoms with van der Waals surface area (Å²) in [6.07, 6.45) is 0.776. The van der Waals surface area contributed by atoms with Crippen molar-refractivity contribution in [3.63, 3.8) is 0 Å². The van der Waals surface area contributed by atoms with Crippen molar-refractivity contribution >= 4 is 17.5 Å². The topological polar surface area (TPSA) is 77.0 Å². The van der Waals surface area contributed by atoms with Crippen LogP contribution in [0.1, 0.15) is 41.3 Å². The second-order valence-electron chi connectivity index (χ2n) is 6.17. The molecule has 0 aliphatic carbocycles. The van der Waals surface area contributed by atoms with Gasteiger partial charge in [-0.05, 0) is 49.9 Å². The number of hydrogen-bond donors (Lipinski definition) is 1. The maximum absolute atomic E-state index is 12.7. The van der Waals surface area contributed by atoms with Gasteiger partial charge in [-0.1, -0.05) is 29.8 Å². The predicted molar refractivity (Wildman–Crippen MR) is 102 cm³/mol. The molecule has 0 bridgehead atoms. The zero-order valence-corrected chi connectivity index (χ0v) is 16.0. The summed E-state index contributed by atoms with van der Waals surface area (Å²) in [5.41, 5.74) is 2.84. The molecular formula is C20H22ClN3O2. The van der Waals surface area contributed by atoms with Crippen molar-refractivity contribution in [2.45, 2.75) is 40.2 Å². The molecule has 0 fully saturated rings. The zero-order valence-electron chi connectivity index (χ0n) is 15.2. The Morgan fingerprint density at radius 2 is 2.00 bits per heavy atom. The summed E-state index contributed by atoms with van der Waals surface area (Å²) in [5, 5.41) is 9.79. The summed E-state index contributed by atoms with van der Waals surface area (Å²) < 4.78 is 0. The van der Waals surface area contributed by atoms with Crippen LogP contribution in [0.5, 0.6) is 0 Å². The van der Waals surface area contributed by atoms with Gasteiger partial charge in [0.05, 0.1) is 0 Å². The first-order chi connectivity index (χ1) is 12.4. The Morgan fingerprint density at radius 3 is 2.62 bits per heavy atom. The number of amides is 1. The number of aromatic nitrogens is 1. The van der Waals surface area contributed by atoms with Gasteiger partial charge in [-0.15, -0.1) is 0 Å². The van der Waals surface area contributed by atoms with E-state index in [1.807, 2.05) is 37.3 Å². The molecule has 0 saturated carbocycles. The molecule has 1 aromatic carbocycles. The highest BCUT2D eigenvalue weighted by Gasteiger charge is 2.17. The molecule has 0 aliphatic heterocycles. The second kappa shape index (κ2) is 8.68. The average Bonchev–Trinajstić information content (AvgIpc) is 2.60. The summed E-state index contributed by atoms with van der Waals surface area (Å²) in [7, 11) is 0. The van der Waals surface area contributed by atoms with Crippen LogP contribution in [0.15, 0.2) is 29.1 Å². The van der Waals surface area contributed by atoms with E-state index >= 15 is 0 Å². The van der Waals surface area contributed by atoms with Crippen LogP contribution in [0.25, 0.3) is 0 Å². The van der Waals surface area contributed by atoms with Gasteiger partial charge in [0.15, 0.2) is 0 Å². The van der Waals surface area contributed by atoms with Crippen LogP contribution >= 0.6 is 11.6 Å². The third-order valence-corrected chi connectivity index (χ3v) is 4.93. The largest absolute Gasteiger partial charge is 0.339 e. The molecule has 0 unspecified atom stereocenters. The van der Waals surface area contributed by atoms with Crippen LogP contribution in [-0.4, -0.2) is 22.3 Å². The van der Waals surface area contributed by atoms with Crippen LogP contribution in [0, 0.1) is 25.2 Å². The van der Waals surface area contributed by atoms with E-state index in [-0.39, 0.29) is 17.0 Å². The molecule has 1 amide bonds. The number of benzene rings is 1. The number of carbonyl (C=O) groups is 1. The first-order valence-electron chi connectivity index (χ1n) is 8.52. The van der Waals surface area contributed by atoms with Crippen molar-refractivity contribution in [1.82, 2.24) is 9.88 Å². The van der Waals surface area contributed by atoms with Gasteiger partial charge < -0.3 is 9.88 Å². The van der Waals surface area contributed by atoms with Crippen molar-refractivity contribution in [2.24, 2.45) is 0 Å². The number of rotatable bonds is 6. The van der Waals surface area contributed by atoms with Gasteiger partial charge in [0, 0.05) is 30.2 Å². The Bertz CT molecular complexity index is 912. The van der Waals surface area contributed by atoms with E-state index in [9.17, 15) is 9.59 Å². The molecule has 1 N–H and O–H groups in total. The minimum absolute atomic E-state index is 0.0101. The van der Waals surface area contributed by atoms with Crippen molar-refractivity contribution in [3.05, 3.63) is 67.6 Å². The first kappa shape index (κ1) is 19.7. The van der Waals surface area contributed by atoms with E-state index in [4.69, 9.17) is 16.9 Å². The molecule has 0 aliphatic rings. The van der Waals surface area contributed by atoms with E-state index in [2.05, 4.69) is 4.98 Å². The number of nitriles is 1. The fraction of sp³-hybridized carbons (Fsp3) is 0.350. The molecule has 26 heavy (non-hydrogen) atoms. The molecule has 136 valence electrons. The van der Waals surface area contributed by atoms with E-state index in [0.29, 0.717) is 42.2 Å². The van der Waals surface area contributed by atoms with Crippen molar-refractivity contribution in [3.8, 4) is 6.07 Å². The monoisotopic (exact) mass is 371 g/mol. The SMILES string of the molecule is CCN(Cc1ccccc1Cl)C(=O)CCc1c(C)[nH]c(=O)c(C#N)c1C. The normalized spacial score (nSPS) is 10.4. The number of halogens is 1. The molecule has 2 rings (SSSR count). The molecule has 2 aromatic rings. The lowest BCUT2D eigenvalue weighted by molar-refractivity contribution is -0.131. The number of aromatic amines is 1. The first-order valence-corrected chi connectivity index (χ1v) is 8.90. The molecule has 0 spiro atoms. The fourth-order valence-corrected chi connectivity index (χ4v) is 3.21. The van der Waals surface area contributed by atoms with Gasteiger partial charge >= 0.3 is 0 Å². The molecule has 0 atom stereocenters. The van der Waals surface area contributed by atoms with E-state index < -0.39 is 0 Å². The molecule has 6 heteroatoms. The van der Waals surface area contributed by atoms with Gasteiger partial charge in [-0.25, -0.2) is 0 Å². The zero-order chi connectivity index (χ0) is 19.3. The minimum Gasteiger partial charge on any atom is -0.339 e. The highest BCUT2D eigenvalue weighted by atomic mass is 35.5. The van der Waals surface area contributed by atoms with Crippen LogP contribution in [0.3, 0.4) is 0 Å². The molecule has 5 nitrogen and oxygen atoms in total. The van der Waals surface area contributed by atoms with Gasteiger partial charge in [0.2, 0.25) is 5.91 Å². The summed E-state index contributed by atoms with van der Waals surface area (Å²) in [6.45, 7) is 6.51. The maximum Gasteiger partial charge on any atom is 0.266 e. The van der Waals surface area contributed by atoms with E-state index in [0.717, 1.165) is 11.1 Å². The molecule has 1 aromatic heterocycles. The van der Waals surface area contributed by atoms with Crippen molar-refractivity contribution < 1.29 is 4.79 Å². The average molecular weight is 372 g/mol. The van der Waals surface area contributed by atoms with Crippen LogP contribution in [0.4, 0.5) is 0 Å².